The van der Waals surface area contributed by atoms with Crippen LogP contribution in [0.2, 0.25) is 0 Å². The van der Waals surface area contributed by atoms with Crippen molar-refractivity contribution < 1.29 is 27.2 Å². The van der Waals surface area contributed by atoms with Crippen LogP contribution < -0.4 is 0 Å². The maximum atomic E-state index is 11.2. The van der Waals surface area contributed by atoms with E-state index in [1.165, 1.54) is 0 Å². The van der Waals surface area contributed by atoms with Gasteiger partial charge in [-0.1, -0.05) is 30.3 Å². The number of ketones is 1. The van der Waals surface area contributed by atoms with Gasteiger partial charge in [0, 0.05) is 5.56 Å². The van der Waals surface area contributed by atoms with Crippen LogP contribution in [0.25, 0.3) is 0 Å². The summed E-state index contributed by atoms with van der Waals surface area (Å²) in [7, 11) is 0. The molecule has 0 heterocycles. The second-order valence-electron chi connectivity index (χ2n) is 2.24. The molecule has 0 aliphatic heterocycles. The van der Waals surface area contributed by atoms with Gasteiger partial charge in [0.25, 0.3) is 0 Å². The Labute approximate surface area is 93.5 Å². The van der Waals surface area contributed by atoms with E-state index in [1.807, 2.05) is 30.3 Å². The van der Waals surface area contributed by atoms with Crippen LogP contribution in [0.5, 0.6) is 0 Å². The molecule has 0 N–H and O–H groups in total. The third kappa shape index (κ3) is 3.59. The van der Waals surface area contributed by atoms with Gasteiger partial charge in [0.15, 0.2) is 5.78 Å². The van der Waals surface area contributed by atoms with E-state index >= 15 is 0 Å². The Morgan fingerprint density at radius 3 is 2.33 bits per heavy atom. The molecule has 0 amide bonds. The van der Waals surface area contributed by atoms with Gasteiger partial charge in [-0.25, -0.2) is 0 Å². The van der Waals surface area contributed by atoms with Gasteiger partial charge in [0.1, 0.15) is 0 Å². The maximum absolute atomic E-state index is 11.2. The van der Waals surface area contributed by atoms with E-state index < -0.39 is 0 Å². The van der Waals surface area contributed by atoms with Gasteiger partial charge >= 0.3 is 22.4 Å². The molecule has 1 nitrogen and oxygen atoms in total. The first-order chi connectivity index (χ1) is 5.34. The van der Waals surface area contributed by atoms with Gasteiger partial charge in [-0.15, -0.1) is 0 Å². The molecule has 0 saturated heterocycles. The molecule has 1 rings (SSSR count). The van der Waals surface area contributed by atoms with Crippen LogP contribution in [0.15, 0.2) is 30.3 Å². The molecule has 1 aromatic carbocycles. The molecule has 0 bridgehead atoms. The molecule has 0 radical (unpaired) electrons. The third-order valence-corrected chi connectivity index (χ3v) is 1.63. The zero-order valence-electron chi connectivity index (χ0n) is 6.42. The van der Waals surface area contributed by atoms with Gasteiger partial charge in [-0.05, 0) is 6.42 Å². The fourth-order valence-corrected chi connectivity index (χ4v) is 1.05. The van der Waals surface area contributed by atoms with E-state index in [9.17, 15) is 4.79 Å². The Morgan fingerprint density at radius 1 is 1.25 bits per heavy atom. The molecule has 0 atom stereocenters. The molecule has 0 aliphatic carbocycles. The van der Waals surface area contributed by atoms with E-state index in [1.54, 1.807) is 0 Å². The zero-order chi connectivity index (χ0) is 8.10. The molecular weight excluding hydrogens is 353 g/mol. The fraction of sp³-hybridized carbons (Fsp3) is 0.222. The summed E-state index contributed by atoms with van der Waals surface area (Å²) in [5, 5.41) is 0. The van der Waals surface area contributed by atoms with Crippen molar-refractivity contribution >= 4 is 18.4 Å². The zero-order valence-corrected chi connectivity index (χ0v) is 9.40. The van der Waals surface area contributed by atoms with Crippen LogP contribution in [0.4, 0.5) is 0 Å². The number of hydrogen-bond donors (Lipinski definition) is 0. The summed E-state index contributed by atoms with van der Waals surface area (Å²) >= 11 is 4.71. The summed E-state index contributed by atoms with van der Waals surface area (Å²) in [6.07, 6.45) is 0.472. The number of carbonyl (C=O) groups excluding carboxylic acids is 1. The first-order valence-corrected chi connectivity index (χ1v) is 4.08. The SMILES string of the molecule is O=C(CC[S-])c1ccccc1.[Au+]. The third-order valence-electron chi connectivity index (χ3n) is 1.42. The summed E-state index contributed by atoms with van der Waals surface area (Å²) < 4.78 is 0. The first kappa shape index (κ1) is 12.0. The molecule has 0 saturated carbocycles. The van der Waals surface area contributed by atoms with Crippen LogP contribution in [-0.4, -0.2) is 11.5 Å². The van der Waals surface area contributed by atoms with E-state index in [4.69, 9.17) is 12.6 Å². The van der Waals surface area contributed by atoms with Crippen molar-refractivity contribution in [1.29, 1.82) is 0 Å². The van der Waals surface area contributed by atoms with Crippen molar-refractivity contribution in [3.63, 3.8) is 0 Å². The molecular formula is C9H9AuOS. The van der Waals surface area contributed by atoms with Gasteiger partial charge < -0.3 is 12.6 Å². The number of hydrogen-bond acceptors (Lipinski definition) is 2. The monoisotopic (exact) mass is 362 g/mol. The van der Waals surface area contributed by atoms with Gasteiger partial charge in [-0.2, -0.15) is 5.75 Å². The summed E-state index contributed by atoms with van der Waals surface area (Å²) in [6, 6.07) is 9.23. The van der Waals surface area contributed by atoms with E-state index in [0.717, 1.165) is 5.56 Å². The van der Waals surface area contributed by atoms with Crippen molar-refractivity contribution in [1.82, 2.24) is 0 Å². The quantitative estimate of drug-likeness (QED) is 0.464. The van der Waals surface area contributed by atoms with Gasteiger partial charge in [-0.3, -0.25) is 4.79 Å². The normalized spacial score (nSPS) is 8.75. The molecule has 0 spiro atoms. The smallest absolute Gasteiger partial charge is 0.792 e. The topological polar surface area (TPSA) is 17.1 Å². The predicted molar refractivity (Wildman–Crippen MR) is 47.6 cm³/mol. The Balaban J connectivity index is 0.00000121. The van der Waals surface area contributed by atoms with Crippen LogP contribution in [0.1, 0.15) is 16.8 Å². The molecule has 0 fully saturated rings. The molecule has 0 aromatic heterocycles. The van der Waals surface area contributed by atoms with Crippen molar-refractivity contribution in [2.75, 3.05) is 5.75 Å². The number of rotatable bonds is 3. The molecule has 68 valence electrons. The minimum atomic E-state index is 0. The van der Waals surface area contributed by atoms with E-state index in [2.05, 4.69) is 0 Å². The van der Waals surface area contributed by atoms with Crippen LogP contribution in [0, 0.1) is 0 Å². The fourth-order valence-electron chi connectivity index (χ4n) is 0.861. The molecule has 0 aliphatic rings. The Morgan fingerprint density at radius 2 is 1.83 bits per heavy atom. The molecule has 3 heteroatoms. The summed E-state index contributed by atoms with van der Waals surface area (Å²) in [5.74, 6) is 0.647. The average Bonchev–Trinajstić information content (AvgIpc) is 2.07. The molecule has 1 aromatic rings. The average molecular weight is 362 g/mol. The van der Waals surface area contributed by atoms with E-state index in [-0.39, 0.29) is 28.2 Å². The largest absolute Gasteiger partial charge is 1.00 e. The van der Waals surface area contributed by atoms with Crippen molar-refractivity contribution in [3.8, 4) is 0 Å². The summed E-state index contributed by atoms with van der Waals surface area (Å²) in [5.41, 5.74) is 0.761. The van der Waals surface area contributed by atoms with E-state index in [0.29, 0.717) is 12.2 Å². The van der Waals surface area contributed by atoms with Gasteiger partial charge in [0.2, 0.25) is 0 Å². The second kappa shape index (κ2) is 6.49. The van der Waals surface area contributed by atoms with Crippen molar-refractivity contribution in [2.45, 2.75) is 6.42 Å². The first-order valence-electron chi connectivity index (χ1n) is 3.51. The molecule has 12 heavy (non-hydrogen) atoms. The minimum absolute atomic E-state index is 0. The van der Waals surface area contributed by atoms with Crippen molar-refractivity contribution in [2.24, 2.45) is 0 Å². The second-order valence-corrected chi connectivity index (χ2v) is 2.65. The Hall–Kier alpha value is -0.0197. The van der Waals surface area contributed by atoms with Crippen LogP contribution in [-0.2, 0) is 35.0 Å². The number of benzene rings is 1. The number of carbonyl (C=O) groups is 1. The summed E-state index contributed by atoms with van der Waals surface area (Å²) in [4.78, 5) is 11.2. The minimum Gasteiger partial charge on any atom is -0.792 e. The van der Waals surface area contributed by atoms with Gasteiger partial charge in [0.05, 0.1) is 0 Å². The Bertz CT molecular complexity index is 236. The van der Waals surface area contributed by atoms with Crippen molar-refractivity contribution in [3.05, 3.63) is 35.9 Å². The Kier molecular flexibility index (Phi) is 6.48. The van der Waals surface area contributed by atoms with Crippen LogP contribution >= 0.6 is 0 Å². The summed E-state index contributed by atoms with van der Waals surface area (Å²) in [6.45, 7) is 0. The predicted octanol–water partition coefficient (Wildman–Crippen LogP) is 1.80. The van der Waals surface area contributed by atoms with Crippen LogP contribution in [0.3, 0.4) is 0 Å². The molecule has 0 unspecified atom stereocenters. The maximum Gasteiger partial charge on any atom is 1.00 e. The number of Topliss-reactive ketones (excluding diaryl/α,β-unsaturated/α-hetero) is 1. The standard InChI is InChI=1S/C9H10OS.Au/c10-9(6-7-11)8-4-2-1-3-5-8;/h1-5,11H,6-7H2;/q;+1/p-1.